The average Bonchev–Trinajstić information content (AvgIpc) is 1.69. The summed E-state index contributed by atoms with van der Waals surface area (Å²) in [5.74, 6) is 8.66. The number of nitrogens with zero attached hydrogens (tertiary/aromatic N) is 2. The highest BCUT2D eigenvalue weighted by atomic mass is 16.5. The quantitative estimate of drug-likeness (QED) is 0.403. The van der Waals surface area contributed by atoms with E-state index in [-0.39, 0.29) is 0 Å². The number of morpholine rings is 1. The standard InChI is InChI=1S/C4H8N2O/c5-6-1-3-7-4-2-6/h1-4H2. The molecule has 7 heavy (non-hydrogen) atoms. The van der Waals surface area contributed by atoms with Crippen molar-refractivity contribution in [1.82, 2.24) is 10.9 Å². The van der Waals surface area contributed by atoms with Crippen LogP contribution in [0.1, 0.15) is 0 Å². The Morgan fingerprint density at radius 2 is 1.86 bits per heavy atom. The van der Waals surface area contributed by atoms with Gasteiger partial charge in [-0.15, -0.1) is 0 Å². The van der Waals surface area contributed by atoms with Crippen LogP contribution in [-0.4, -0.2) is 31.3 Å². The van der Waals surface area contributed by atoms with Gasteiger partial charge in [0.05, 0.1) is 13.2 Å². The van der Waals surface area contributed by atoms with Gasteiger partial charge in [0.1, 0.15) is 0 Å². The molecule has 0 saturated carbocycles. The molecule has 1 rings (SSSR count). The van der Waals surface area contributed by atoms with E-state index in [1.807, 2.05) is 0 Å². The Kier molecular flexibility index (Phi) is 1.62. The van der Waals surface area contributed by atoms with Gasteiger partial charge in [-0.05, 0) is 5.84 Å². The molecule has 3 nitrogen and oxygen atoms in total. The third-order valence-corrected chi connectivity index (χ3v) is 0.987. The van der Waals surface area contributed by atoms with Crippen LogP contribution in [-0.2, 0) is 4.74 Å². The second-order valence-corrected chi connectivity index (χ2v) is 1.57. The van der Waals surface area contributed by atoms with Crippen LogP contribution in [0.5, 0.6) is 0 Å². The molecule has 1 fully saturated rings. The summed E-state index contributed by atoms with van der Waals surface area (Å²) in [4.78, 5) is 0. The maximum absolute atomic E-state index is 8.66. The molecule has 1 saturated heterocycles. The van der Waals surface area contributed by atoms with E-state index in [1.54, 1.807) is 0 Å². The summed E-state index contributed by atoms with van der Waals surface area (Å²) in [5, 5.41) is 1.27. The molecule has 0 spiro atoms. The summed E-state index contributed by atoms with van der Waals surface area (Å²) in [6.07, 6.45) is 0. The molecule has 0 aliphatic carbocycles. The molecular weight excluding hydrogens is 92.1 g/mol. The third-order valence-electron chi connectivity index (χ3n) is 0.987. The normalized spacial score (nSPS) is 25.3. The Morgan fingerprint density at radius 1 is 1.29 bits per heavy atom. The van der Waals surface area contributed by atoms with Gasteiger partial charge in [-0.25, -0.2) is 5.01 Å². The van der Waals surface area contributed by atoms with Crippen LogP contribution in [0.2, 0.25) is 0 Å². The van der Waals surface area contributed by atoms with Crippen molar-refractivity contribution in [3.63, 3.8) is 0 Å². The van der Waals surface area contributed by atoms with Crippen LogP contribution in [0.3, 0.4) is 0 Å². The monoisotopic (exact) mass is 100 g/mol. The maximum atomic E-state index is 8.66. The molecule has 2 radical (unpaired) electrons. The molecule has 1 aliphatic heterocycles. The van der Waals surface area contributed by atoms with E-state index in [2.05, 4.69) is 0 Å². The zero-order valence-electron chi connectivity index (χ0n) is 4.13. The van der Waals surface area contributed by atoms with Gasteiger partial charge in [-0.2, -0.15) is 0 Å². The zero-order valence-corrected chi connectivity index (χ0v) is 4.13. The van der Waals surface area contributed by atoms with Crippen LogP contribution < -0.4 is 5.84 Å². The van der Waals surface area contributed by atoms with E-state index in [0.717, 1.165) is 0 Å². The van der Waals surface area contributed by atoms with Crippen LogP contribution in [0.25, 0.3) is 0 Å². The van der Waals surface area contributed by atoms with Crippen molar-refractivity contribution in [2.75, 3.05) is 26.3 Å². The van der Waals surface area contributed by atoms with E-state index >= 15 is 0 Å². The molecule has 0 bridgehead atoms. The molecule has 1 heterocycles. The summed E-state index contributed by atoms with van der Waals surface area (Å²) in [7, 11) is 0. The van der Waals surface area contributed by atoms with E-state index in [9.17, 15) is 0 Å². The molecule has 40 valence electrons. The van der Waals surface area contributed by atoms with Crippen LogP contribution in [0.4, 0.5) is 0 Å². The summed E-state index contributed by atoms with van der Waals surface area (Å²) < 4.78 is 4.94. The van der Waals surface area contributed by atoms with Crippen LogP contribution >= 0.6 is 0 Å². The zero-order chi connectivity index (χ0) is 5.11. The van der Waals surface area contributed by atoms with Crippen LogP contribution in [0.15, 0.2) is 0 Å². The van der Waals surface area contributed by atoms with Gasteiger partial charge >= 0.3 is 0 Å². The molecule has 0 atom stereocenters. The molecule has 0 aromatic carbocycles. The minimum Gasteiger partial charge on any atom is -0.379 e. The van der Waals surface area contributed by atoms with Gasteiger partial charge in [0.15, 0.2) is 0 Å². The largest absolute Gasteiger partial charge is 0.379 e. The highest BCUT2D eigenvalue weighted by molar-refractivity contribution is 4.51. The second-order valence-electron chi connectivity index (χ2n) is 1.57. The lowest BCUT2D eigenvalue weighted by Crippen LogP contribution is -2.34. The van der Waals surface area contributed by atoms with Crippen molar-refractivity contribution in [2.24, 2.45) is 0 Å². The SMILES string of the molecule is [N]N1CCOCC1. The molecule has 0 unspecified atom stereocenters. The molecule has 0 aromatic rings. The fourth-order valence-corrected chi connectivity index (χ4v) is 0.554. The van der Waals surface area contributed by atoms with Crippen LogP contribution in [0, 0.1) is 0 Å². The van der Waals surface area contributed by atoms with E-state index < -0.39 is 0 Å². The van der Waals surface area contributed by atoms with Crippen molar-refractivity contribution in [3.8, 4) is 0 Å². The minimum absolute atomic E-state index is 0.653. The summed E-state index contributed by atoms with van der Waals surface area (Å²) in [5.41, 5.74) is 0. The molecule has 1 aliphatic rings. The summed E-state index contributed by atoms with van der Waals surface area (Å²) >= 11 is 0. The fraction of sp³-hybridized carbons (Fsp3) is 1.00. The van der Waals surface area contributed by atoms with Crippen molar-refractivity contribution >= 4 is 0 Å². The Morgan fingerprint density at radius 3 is 2.14 bits per heavy atom. The highest BCUT2D eigenvalue weighted by Gasteiger charge is 2.04. The summed E-state index contributed by atoms with van der Waals surface area (Å²) in [6.45, 7) is 2.63. The van der Waals surface area contributed by atoms with Crippen molar-refractivity contribution < 1.29 is 4.74 Å². The molecule has 0 aromatic heterocycles. The van der Waals surface area contributed by atoms with E-state index in [4.69, 9.17) is 10.6 Å². The lowest BCUT2D eigenvalue weighted by molar-refractivity contribution is 0.0332. The molecule has 3 heteroatoms. The smallest absolute Gasteiger partial charge is 0.0609 e. The van der Waals surface area contributed by atoms with Gasteiger partial charge in [-0.3, -0.25) is 0 Å². The average molecular weight is 100 g/mol. The van der Waals surface area contributed by atoms with Gasteiger partial charge in [0.25, 0.3) is 0 Å². The predicted octanol–water partition coefficient (Wildman–Crippen LogP) is -0.698. The Bertz CT molecular complexity index is 51.7. The van der Waals surface area contributed by atoms with Gasteiger partial charge in [0, 0.05) is 13.1 Å². The Labute approximate surface area is 43.0 Å². The third kappa shape index (κ3) is 1.43. The van der Waals surface area contributed by atoms with E-state index in [1.165, 1.54) is 5.01 Å². The highest BCUT2D eigenvalue weighted by Crippen LogP contribution is 1.88. The number of hydrogen-bond donors (Lipinski definition) is 0. The maximum Gasteiger partial charge on any atom is 0.0609 e. The van der Waals surface area contributed by atoms with E-state index in [0.29, 0.717) is 26.3 Å². The predicted molar refractivity (Wildman–Crippen MR) is 24.5 cm³/mol. The first-order valence-corrected chi connectivity index (χ1v) is 2.41. The lowest BCUT2D eigenvalue weighted by Gasteiger charge is -2.18. The number of ether oxygens (including phenoxy) is 1. The molecular formula is C4H8N2O. The second kappa shape index (κ2) is 2.26. The van der Waals surface area contributed by atoms with Gasteiger partial charge in [0.2, 0.25) is 0 Å². The van der Waals surface area contributed by atoms with Crippen molar-refractivity contribution in [3.05, 3.63) is 0 Å². The minimum atomic E-state index is 0.653. The Hall–Kier alpha value is -0.120. The van der Waals surface area contributed by atoms with Gasteiger partial charge in [-0.1, -0.05) is 0 Å². The first kappa shape index (κ1) is 5.03. The topological polar surface area (TPSA) is 34.8 Å². The van der Waals surface area contributed by atoms with Crippen molar-refractivity contribution in [2.45, 2.75) is 0 Å². The fourth-order valence-electron chi connectivity index (χ4n) is 0.554. The number of hydrogen-bond acceptors (Lipinski definition) is 2. The molecule has 0 amide bonds. The lowest BCUT2D eigenvalue weighted by atomic mass is 10.5. The Balaban J connectivity index is 2.12. The summed E-state index contributed by atoms with van der Waals surface area (Å²) in [6, 6.07) is 0. The first-order chi connectivity index (χ1) is 3.39. The number of rotatable bonds is 0. The first-order valence-electron chi connectivity index (χ1n) is 2.41. The molecule has 0 N–H and O–H groups in total. The van der Waals surface area contributed by atoms with Crippen molar-refractivity contribution in [1.29, 1.82) is 0 Å². The van der Waals surface area contributed by atoms with Gasteiger partial charge < -0.3 is 4.74 Å².